The van der Waals surface area contributed by atoms with Gasteiger partial charge in [-0.15, -0.1) is 0 Å². The first-order chi connectivity index (χ1) is 8.76. The molecule has 1 aromatic carbocycles. The highest BCUT2D eigenvalue weighted by Crippen LogP contribution is 2.30. The van der Waals surface area contributed by atoms with Gasteiger partial charge in [-0.2, -0.15) is 0 Å². The summed E-state index contributed by atoms with van der Waals surface area (Å²) < 4.78 is 0. The summed E-state index contributed by atoms with van der Waals surface area (Å²) >= 11 is 0. The van der Waals surface area contributed by atoms with Gasteiger partial charge in [-0.05, 0) is 36.8 Å². The van der Waals surface area contributed by atoms with Gasteiger partial charge in [0.05, 0.1) is 0 Å². The number of nitrogens with zero attached hydrogens (tertiary/aromatic N) is 1. The molecule has 100 valence electrons. The van der Waals surface area contributed by atoms with Crippen molar-refractivity contribution < 1.29 is 5.11 Å². The van der Waals surface area contributed by atoms with Crippen LogP contribution in [0.25, 0.3) is 0 Å². The van der Waals surface area contributed by atoms with Crippen molar-refractivity contribution in [3.63, 3.8) is 0 Å². The standard InChI is InChI=1S/C15H24N2O/c1-2-14(16)13-5-3-4-6-15(13)17-9-7-12(11-18)8-10-17/h3-6,12,14,18H,2,7-11,16H2,1H3/t14-/m1/s1. The molecule has 2 rings (SSSR count). The first kappa shape index (κ1) is 13.4. The highest BCUT2D eigenvalue weighted by Gasteiger charge is 2.21. The molecule has 0 saturated carbocycles. The van der Waals surface area contributed by atoms with Crippen LogP contribution in [0.4, 0.5) is 5.69 Å². The summed E-state index contributed by atoms with van der Waals surface area (Å²) in [6, 6.07) is 8.58. The molecule has 0 aliphatic carbocycles. The van der Waals surface area contributed by atoms with E-state index in [1.165, 1.54) is 11.3 Å². The minimum atomic E-state index is 0.122. The molecule has 0 spiro atoms. The molecule has 1 fully saturated rings. The van der Waals surface area contributed by atoms with Crippen molar-refractivity contribution >= 4 is 5.69 Å². The Bertz CT molecular complexity index is 373. The number of hydrogen-bond acceptors (Lipinski definition) is 3. The molecule has 3 nitrogen and oxygen atoms in total. The number of anilines is 1. The third-order valence-electron chi connectivity index (χ3n) is 3.99. The van der Waals surface area contributed by atoms with Gasteiger partial charge in [-0.25, -0.2) is 0 Å². The van der Waals surface area contributed by atoms with Crippen molar-refractivity contribution in [3.05, 3.63) is 29.8 Å². The Hall–Kier alpha value is -1.06. The van der Waals surface area contributed by atoms with Crippen LogP contribution in [0.1, 0.15) is 37.8 Å². The van der Waals surface area contributed by atoms with E-state index in [0.29, 0.717) is 12.5 Å². The summed E-state index contributed by atoms with van der Waals surface area (Å²) in [5.74, 6) is 0.480. The third kappa shape index (κ3) is 2.85. The SMILES string of the molecule is CC[C@@H](N)c1ccccc1N1CCC(CO)CC1. The molecule has 0 radical (unpaired) electrons. The predicted molar refractivity (Wildman–Crippen MR) is 75.7 cm³/mol. The van der Waals surface area contributed by atoms with E-state index in [-0.39, 0.29) is 6.04 Å². The molecule has 3 N–H and O–H groups in total. The second kappa shape index (κ2) is 6.21. The molecule has 0 bridgehead atoms. The minimum Gasteiger partial charge on any atom is -0.396 e. The van der Waals surface area contributed by atoms with Crippen LogP contribution >= 0.6 is 0 Å². The van der Waals surface area contributed by atoms with E-state index in [1.807, 2.05) is 0 Å². The summed E-state index contributed by atoms with van der Waals surface area (Å²) in [7, 11) is 0. The maximum absolute atomic E-state index is 9.19. The first-order valence-corrected chi connectivity index (χ1v) is 6.96. The van der Waals surface area contributed by atoms with Crippen LogP contribution in [-0.4, -0.2) is 24.8 Å². The third-order valence-corrected chi connectivity index (χ3v) is 3.99. The molecule has 0 unspecified atom stereocenters. The van der Waals surface area contributed by atoms with Crippen LogP contribution in [-0.2, 0) is 0 Å². The van der Waals surface area contributed by atoms with Crippen LogP contribution in [0, 0.1) is 5.92 Å². The normalized spacial score (nSPS) is 18.9. The Morgan fingerprint density at radius 2 is 2.00 bits per heavy atom. The fourth-order valence-corrected chi connectivity index (χ4v) is 2.67. The predicted octanol–water partition coefficient (Wildman–Crippen LogP) is 2.31. The zero-order chi connectivity index (χ0) is 13.0. The molecule has 1 aromatic rings. The lowest BCUT2D eigenvalue weighted by atomic mass is 9.95. The zero-order valence-electron chi connectivity index (χ0n) is 11.2. The van der Waals surface area contributed by atoms with E-state index < -0.39 is 0 Å². The Kier molecular flexibility index (Phi) is 4.61. The maximum Gasteiger partial charge on any atom is 0.0460 e. The largest absolute Gasteiger partial charge is 0.396 e. The fourth-order valence-electron chi connectivity index (χ4n) is 2.67. The highest BCUT2D eigenvalue weighted by molar-refractivity contribution is 5.55. The van der Waals surface area contributed by atoms with Gasteiger partial charge in [-0.3, -0.25) is 0 Å². The summed E-state index contributed by atoms with van der Waals surface area (Å²) in [5.41, 5.74) is 8.72. The van der Waals surface area contributed by atoms with Crippen molar-refractivity contribution in [2.24, 2.45) is 11.7 Å². The molecular weight excluding hydrogens is 224 g/mol. The average molecular weight is 248 g/mol. The van der Waals surface area contributed by atoms with Gasteiger partial charge >= 0.3 is 0 Å². The van der Waals surface area contributed by atoms with Gasteiger partial charge in [-0.1, -0.05) is 25.1 Å². The number of para-hydroxylation sites is 1. The number of piperidine rings is 1. The molecule has 1 aliphatic heterocycles. The minimum absolute atomic E-state index is 0.122. The Morgan fingerprint density at radius 1 is 1.33 bits per heavy atom. The van der Waals surface area contributed by atoms with Crippen molar-refractivity contribution in [3.8, 4) is 0 Å². The Balaban J connectivity index is 2.13. The second-order valence-electron chi connectivity index (χ2n) is 5.19. The fraction of sp³-hybridized carbons (Fsp3) is 0.600. The van der Waals surface area contributed by atoms with Gasteiger partial charge in [0.15, 0.2) is 0 Å². The van der Waals surface area contributed by atoms with Crippen molar-refractivity contribution in [1.82, 2.24) is 0 Å². The van der Waals surface area contributed by atoms with Crippen LogP contribution in [0.2, 0.25) is 0 Å². The lowest BCUT2D eigenvalue weighted by Crippen LogP contribution is -2.35. The topological polar surface area (TPSA) is 49.5 Å². The van der Waals surface area contributed by atoms with Gasteiger partial charge in [0.25, 0.3) is 0 Å². The van der Waals surface area contributed by atoms with Crippen molar-refractivity contribution in [1.29, 1.82) is 0 Å². The number of nitrogens with two attached hydrogens (primary N) is 1. The molecule has 18 heavy (non-hydrogen) atoms. The monoisotopic (exact) mass is 248 g/mol. The van der Waals surface area contributed by atoms with E-state index in [2.05, 4.69) is 36.1 Å². The van der Waals surface area contributed by atoms with Gasteiger partial charge in [0.2, 0.25) is 0 Å². The van der Waals surface area contributed by atoms with Gasteiger partial charge in [0.1, 0.15) is 0 Å². The lowest BCUT2D eigenvalue weighted by molar-refractivity contribution is 0.203. The maximum atomic E-state index is 9.19. The summed E-state index contributed by atoms with van der Waals surface area (Å²) in [6.45, 7) is 4.50. The van der Waals surface area contributed by atoms with E-state index in [1.54, 1.807) is 0 Å². The van der Waals surface area contributed by atoms with Crippen molar-refractivity contribution in [2.75, 3.05) is 24.6 Å². The van der Waals surface area contributed by atoms with E-state index in [4.69, 9.17) is 5.73 Å². The second-order valence-corrected chi connectivity index (χ2v) is 5.19. The van der Waals surface area contributed by atoms with E-state index in [9.17, 15) is 5.11 Å². The number of rotatable bonds is 4. The quantitative estimate of drug-likeness (QED) is 0.859. The molecule has 1 saturated heterocycles. The summed E-state index contributed by atoms with van der Waals surface area (Å²) in [4.78, 5) is 2.41. The molecule has 0 aromatic heterocycles. The average Bonchev–Trinajstić information content (AvgIpc) is 2.46. The molecule has 3 heteroatoms. The molecule has 0 amide bonds. The first-order valence-electron chi connectivity index (χ1n) is 6.96. The number of aliphatic hydroxyl groups is 1. The van der Waals surface area contributed by atoms with E-state index in [0.717, 1.165) is 32.4 Å². The van der Waals surface area contributed by atoms with Crippen molar-refractivity contribution in [2.45, 2.75) is 32.2 Å². The zero-order valence-corrected chi connectivity index (χ0v) is 11.2. The van der Waals surface area contributed by atoms with Gasteiger partial charge in [0, 0.05) is 31.4 Å². The highest BCUT2D eigenvalue weighted by atomic mass is 16.3. The van der Waals surface area contributed by atoms with Crippen LogP contribution in [0.5, 0.6) is 0 Å². The smallest absolute Gasteiger partial charge is 0.0460 e. The number of benzene rings is 1. The molecule has 1 heterocycles. The lowest BCUT2D eigenvalue weighted by Gasteiger charge is -2.34. The Morgan fingerprint density at radius 3 is 2.61 bits per heavy atom. The van der Waals surface area contributed by atoms with Crippen LogP contribution < -0.4 is 10.6 Å². The van der Waals surface area contributed by atoms with Gasteiger partial charge < -0.3 is 15.7 Å². The molecule has 1 atom stereocenters. The molecular formula is C15H24N2O. The van der Waals surface area contributed by atoms with Crippen LogP contribution in [0.15, 0.2) is 24.3 Å². The van der Waals surface area contributed by atoms with Crippen LogP contribution in [0.3, 0.4) is 0 Å². The number of aliphatic hydroxyl groups excluding tert-OH is 1. The summed E-state index contributed by atoms with van der Waals surface area (Å²) in [5, 5.41) is 9.19. The Labute approximate surface area is 110 Å². The van der Waals surface area contributed by atoms with E-state index >= 15 is 0 Å². The number of hydrogen-bond donors (Lipinski definition) is 2. The molecule has 1 aliphatic rings. The summed E-state index contributed by atoms with van der Waals surface area (Å²) in [6.07, 6.45) is 3.11.